The number of rotatable bonds is 6. The predicted molar refractivity (Wildman–Crippen MR) is 103 cm³/mol. The van der Waals surface area contributed by atoms with E-state index in [4.69, 9.17) is 4.74 Å². The molecule has 0 saturated carbocycles. The molecule has 0 aliphatic carbocycles. The average molecular weight is 339 g/mol. The highest BCUT2D eigenvalue weighted by atomic mass is 16.5. The normalized spacial score (nSPS) is 13.2. The summed E-state index contributed by atoms with van der Waals surface area (Å²) in [5.41, 5.74) is 5.78. The van der Waals surface area contributed by atoms with Gasteiger partial charge in [0.2, 0.25) is 0 Å². The predicted octanol–water partition coefficient (Wildman–Crippen LogP) is 4.82. The molecule has 0 aliphatic rings. The molecule has 2 atom stereocenters. The standard InChI is InChI=1S/C22H29NO2/c1-7-19-8-10-20(11-9-19)17(5)23-22(24)18(6)25-21-13-14(2)12-15(3)16(21)4/h8-13,17-18H,7H2,1-6H3,(H,23,24)/t17-,18-/m0/s1. The first kappa shape index (κ1) is 19.0. The Morgan fingerprint density at radius 1 is 1.08 bits per heavy atom. The van der Waals surface area contributed by atoms with Gasteiger partial charge in [0.1, 0.15) is 5.75 Å². The summed E-state index contributed by atoms with van der Waals surface area (Å²) in [7, 11) is 0. The minimum absolute atomic E-state index is 0.0511. The molecule has 0 radical (unpaired) electrons. The van der Waals surface area contributed by atoms with Gasteiger partial charge in [0.25, 0.3) is 5.91 Å². The Kier molecular flexibility index (Phi) is 6.24. The van der Waals surface area contributed by atoms with E-state index in [1.54, 1.807) is 6.92 Å². The van der Waals surface area contributed by atoms with Crippen molar-refractivity contribution in [2.75, 3.05) is 0 Å². The third-order valence-corrected chi connectivity index (χ3v) is 4.68. The Morgan fingerprint density at radius 3 is 2.32 bits per heavy atom. The summed E-state index contributed by atoms with van der Waals surface area (Å²) in [6, 6.07) is 12.4. The monoisotopic (exact) mass is 339 g/mol. The second-order valence-electron chi connectivity index (χ2n) is 6.79. The molecule has 0 fully saturated rings. The van der Waals surface area contributed by atoms with E-state index in [0.29, 0.717) is 0 Å². The average Bonchev–Trinajstić information content (AvgIpc) is 2.59. The number of carbonyl (C=O) groups is 1. The van der Waals surface area contributed by atoms with Gasteiger partial charge in [-0.3, -0.25) is 4.79 Å². The van der Waals surface area contributed by atoms with Crippen LogP contribution in [0.3, 0.4) is 0 Å². The van der Waals surface area contributed by atoms with Gasteiger partial charge in [-0.15, -0.1) is 0 Å². The number of nitrogens with one attached hydrogen (secondary N) is 1. The zero-order chi connectivity index (χ0) is 18.6. The van der Waals surface area contributed by atoms with Crippen LogP contribution in [-0.2, 0) is 11.2 Å². The van der Waals surface area contributed by atoms with Crippen LogP contribution in [-0.4, -0.2) is 12.0 Å². The molecule has 3 nitrogen and oxygen atoms in total. The third kappa shape index (κ3) is 4.85. The number of carbonyl (C=O) groups excluding carboxylic acids is 1. The molecule has 0 bridgehead atoms. The topological polar surface area (TPSA) is 38.3 Å². The number of hydrogen-bond donors (Lipinski definition) is 1. The largest absolute Gasteiger partial charge is 0.481 e. The zero-order valence-electron chi connectivity index (χ0n) is 16.1. The van der Waals surface area contributed by atoms with Crippen LogP contribution in [0, 0.1) is 20.8 Å². The van der Waals surface area contributed by atoms with E-state index >= 15 is 0 Å². The smallest absolute Gasteiger partial charge is 0.261 e. The quantitative estimate of drug-likeness (QED) is 0.819. The Hall–Kier alpha value is -2.29. The van der Waals surface area contributed by atoms with E-state index in [2.05, 4.69) is 49.5 Å². The van der Waals surface area contributed by atoms with Crippen LogP contribution < -0.4 is 10.1 Å². The van der Waals surface area contributed by atoms with Crippen molar-refractivity contribution >= 4 is 5.91 Å². The second-order valence-corrected chi connectivity index (χ2v) is 6.79. The third-order valence-electron chi connectivity index (χ3n) is 4.68. The molecule has 1 N–H and O–H groups in total. The van der Waals surface area contributed by atoms with E-state index in [9.17, 15) is 4.79 Å². The maximum Gasteiger partial charge on any atom is 0.261 e. The lowest BCUT2D eigenvalue weighted by atomic mass is 10.0. The van der Waals surface area contributed by atoms with Crippen molar-refractivity contribution in [1.29, 1.82) is 0 Å². The highest BCUT2D eigenvalue weighted by molar-refractivity contribution is 5.81. The van der Waals surface area contributed by atoms with Crippen LogP contribution in [0.15, 0.2) is 36.4 Å². The van der Waals surface area contributed by atoms with E-state index in [1.165, 1.54) is 11.1 Å². The first-order valence-corrected chi connectivity index (χ1v) is 8.95. The molecule has 2 aromatic rings. The summed E-state index contributed by atoms with van der Waals surface area (Å²) in [5.74, 6) is 0.672. The van der Waals surface area contributed by atoms with Crippen LogP contribution in [0.4, 0.5) is 0 Å². The Bertz CT molecular complexity index is 734. The van der Waals surface area contributed by atoms with Gasteiger partial charge in [-0.2, -0.15) is 0 Å². The summed E-state index contributed by atoms with van der Waals surface area (Å²) in [6.07, 6.45) is 0.471. The Labute approximate surface area is 151 Å². The fourth-order valence-corrected chi connectivity index (χ4v) is 2.82. The molecule has 2 rings (SSSR count). The summed E-state index contributed by atoms with van der Waals surface area (Å²) < 4.78 is 5.93. The van der Waals surface area contributed by atoms with Crippen molar-refractivity contribution in [3.05, 3.63) is 64.2 Å². The molecule has 134 valence electrons. The summed E-state index contributed by atoms with van der Waals surface area (Å²) in [5, 5.41) is 3.04. The lowest BCUT2D eigenvalue weighted by molar-refractivity contribution is -0.127. The summed E-state index contributed by atoms with van der Waals surface area (Å²) >= 11 is 0. The van der Waals surface area contributed by atoms with Gasteiger partial charge in [-0.25, -0.2) is 0 Å². The number of benzene rings is 2. The van der Waals surface area contributed by atoms with Gasteiger partial charge < -0.3 is 10.1 Å². The van der Waals surface area contributed by atoms with Gasteiger partial charge in [0.05, 0.1) is 6.04 Å². The maximum absolute atomic E-state index is 12.5. The summed E-state index contributed by atoms with van der Waals surface area (Å²) in [4.78, 5) is 12.5. The highest BCUT2D eigenvalue weighted by Gasteiger charge is 2.19. The van der Waals surface area contributed by atoms with Crippen molar-refractivity contribution in [2.45, 2.75) is 60.1 Å². The van der Waals surface area contributed by atoms with Gasteiger partial charge in [0, 0.05) is 0 Å². The fraction of sp³-hybridized carbons (Fsp3) is 0.409. The molecule has 25 heavy (non-hydrogen) atoms. The molecule has 0 aliphatic heterocycles. The first-order valence-electron chi connectivity index (χ1n) is 8.95. The van der Waals surface area contributed by atoms with Gasteiger partial charge in [-0.05, 0) is 74.9 Å². The maximum atomic E-state index is 12.5. The molecule has 2 aromatic carbocycles. The van der Waals surface area contributed by atoms with Crippen molar-refractivity contribution in [3.63, 3.8) is 0 Å². The van der Waals surface area contributed by atoms with Crippen molar-refractivity contribution < 1.29 is 9.53 Å². The van der Waals surface area contributed by atoms with Crippen molar-refractivity contribution in [3.8, 4) is 5.75 Å². The second kappa shape index (κ2) is 8.19. The fourth-order valence-electron chi connectivity index (χ4n) is 2.82. The van der Waals surface area contributed by atoms with Gasteiger partial charge >= 0.3 is 0 Å². The molecule has 1 amide bonds. The van der Waals surface area contributed by atoms with E-state index in [-0.39, 0.29) is 11.9 Å². The lowest BCUT2D eigenvalue weighted by Gasteiger charge is -2.21. The molecule has 0 heterocycles. The molecule has 0 unspecified atom stereocenters. The number of ether oxygens (including phenoxy) is 1. The van der Waals surface area contributed by atoms with E-state index < -0.39 is 6.10 Å². The number of aryl methyl sites for hydroxylation is 3. The van der Waals surface area contributed by atoms with Crippen LogP contribution in [0.25, 0.3) is 0 Å². The lowest BCUT2D eigenvalue weighted by Crippen LogP contribution is -2.37. The van der Waals surface area contributed by atoms with Crippen LogP contribution in [0.1, 0.15) is 54.6 Å². The number of hydrogen-bond acceptors (Lipinski definition) is 2. The van der Waals surface area contributed by atoms with Crippen LogP contribution in [0.5, 0.6) is 5.75 Å². The van der Waals surface area contributed by atoms with E-state index in [0.717, 1.165) is 28.9 Å². The minimum atomic E-state index is -0.544. The molecule has 0 aromatic heterocycles. The minimum Gasteiger partial charge on any atom is -0.481 e. The summed E-state index contributed by atoms with van der Waals surface area (Å²) in [6.45, 7) is 12.0. The van der Waals surface area contributed by atoms with Crippen LogP contribution in [0.2, 0.25) is 0 Å². The van der Waals surface area contributed by atoms with Gasteiger partial charge in [-0.1, -0.05) is 37.3 Å². The molecule has 3 heteroatoms. The highest BCUT2D eigenvalue weighted by Crippen LogP contribution is 2.24. The molecule has 0 saturated heterocycles. The number of amides is 1. The molecular formula is C22H29NO2. The van der Waals surface area contributed by atoms with E-state index in [1.807, 2.05) is 26.8 Å². The zero-order valence-corrected chi connectivity index (χ0v) is 16.1. The SMILES string of the molecule is CCc1ccc([C@H](C)NC(=O)[C@H](C)Oc2cc(C)cc(C)c2C)cc1. The van der Waals surface area contributed by atoms with Crippen molar-refractivity contribution in [1.82, 2.24) is 5.32 Å². The van der Waals surface area contributed by atoms with Crippen LogP contribution >= 0.6 is 0 Å². The van der Waals surface area contributed by atoms with Gasteiger partial charge in [0.15, 0.2) is 6.10 Å². The van der Waals surface area contributed by atoms with Crippen molar-refractivity contribution in [2.24, 2.45) is 0 Å². The molecule has 0 spiro atoms. The Balaban J connectivity index is 2.02. The molecular weight excluding hydrogens is 310 g/mol. The Morgan fingerprint density at radius 2 is 1.72 bits per heavy atom. The first-order chi connectivity index (χ1) is 11.8.